The Morgan fingerprint density at radius 2 is 1.91 bits per heavy atom. The fourth-order valence-corrected chi connectivity index (χ4v) is 2.17. The molecule has 116 valence electrons. The monoisotopic (exact) mass is 304 g/mol. The van der Waals surface area contributed by atoms with Gasteiger partial charge in [-0.2, -0.15) is 0 Å². The smallest absolute Gasteiger partial charge is 0.323 e. The Morgan fingerprint density at radius 1 is 1.27 bits per heavy atom. The highest BCUT2D eigenvalue weighted by atomic mass is 19.1. The maximum absolute atomic E-state index is 12.9. The normalized spacial score (nSPS) is 12.0. The van der Waals surface area contributed by atoms with E-state index < -0.39 is 17.8 Å². The van der Waals surface area contributed by atoms with E-state index in [1.165, 1.54) is 31.4 Å². The van der Waals surface area contributed by atoms with Crippen LogP contribution in [-0.4, -0.2) is 29.5 Å². The minimum atomic E-state index is -0.785. The molecule has 0 aliphatic carbocycles. The van der Waals surface area contributed by atoms with Gasteiger partial charge in [0.1, 0.15) is 11.9 Å². The van der Waals surface area contributed by atoms with Gasteiger partial charge in [0, 0.05) is 36.5 Å². The highest BCUT2D eigenvalue weighted by molar-refractivity contribution is 6.09. The lowest BCUT2D eigenvalue weighted by Crippen LogP contribution is -2.34. The zero-order valence-corrected chi connectivity index (χ0v) is 12.4. The molecule has 1 unspecified atom stereocenters. The first kappa shape index (κ1) is 15.9. The molecule has 1 aromatic heterocycles. The van der Waals surface area contributed by atoms with Crippen LogP contribution < -0.4 is 5.73 Å². The van der Waals surface area contributed by atoms with E-state index in [1.54, 1.807) is 23.9 Å². The van der Waals surface area contributed by atoms with Gasteiger partial charge in [-0.25, -0.2) is 4.39 Å². The van der Waals surface area contributed by atoms with Crippen LogP contribution in [0.2, 0.25) is 0 Å². The molecular formula is C16H17FN2O3. The molecule has 0 fully saturated rings. The van der Waals surface area contributed by atoms with Crippen LogP contribution >= 0.6 is 0 Å². The number of nitrogens with two attached hydrogens (primary N) is 1. The highest BCUT2D eigenvalue weighted by Crippen LogP contribution is 2.15. The second-order valence-corrected chi connectivity index (χ2v) is 5.00. The molecule has 0 amide bonds. The number of aryl methyl sites for hydroxylation is 1. The van der Waals surface area contributed by atoms with Crippen LogP contribution in [-0.2, 0) is 23.0 Å². The molecule has 1 aromatic carbocycles. The number of rotatable bonds is 5. The van der Waals surface area contributed by atoms with Crippen LogP contribution in [0.15, 0.2) is 36.5 Å². The predicted octanol–water partition coefficient (Wildman–Crippen LogP) is 1.44. The van der Waals surface area contributed by atoms with Gasteiger partial charge in [-0.15, -0.1) is 0 Å². The van der Waals surface area contributed by atoms with Crippen LogP contribution in [0.25, 0.3) is 0 Å². The lowest BCUT2D eigenvalue weighted by molar-refractivity contribution is -0.142. The van der Waals surface area contributed by atoms with E-state index in [4.69, 9.17) is 5.73 Å². The molecule has 0 radical (unpaired) electrons. The molecule has 1 atom stereocenters. The van der Waals surface area contributed by atoms with Crippen molar-refractivity contribution < 1.29 is 18.7 Å². The molecule has 0 saturated carbocycles. The molecule has 1 heterocycles. The number of esters is 1. The van der Waals surface area contributed by atoms with Gasteiger partial charge in [-0.1, -0.05) is 0 Å². The highest BCUT2D eigenvalue weighted by Gasteiger charge is 2.18. The van der Waals surface area contributed by atoms with Crippen molar-refractivity contribution >= 4 is 11.8 Å². The number of aromatic nitrogens is 1. The van der Waals surface area contributed by atoms with E-state index >= 15 is 0 Å². The number of halogens is 1. The SMILES string of the molecule is COC(=O)C(N)Cc1cc(C(=O)c2ccc(F)cc2)cn1C. The second-order valence-electron chi connectivity index (χ2n) is 5.00. The van der Waals surface area contributed by atoms with Crippen LogP contribution in [0.3, 0.4) is 0 Å². The number of benzene rings is 1. The van der Waals surface area contributed by atoms with E-state index in [9.17, 15) is 14.0 Å². The maximum atomic E-state index is 12.9. The molecular weight excluding hydrogens is 287 g/mol. The summed E-state index contributed by atoms with van der Waals surface area (Å²) in [5.74, 6) is -1.12. The number of nitrogens with zero attached hydrogens (tertiary/aromatic N) is 1. The number of carbonyl (C=O) groups excluding carboxylic acids is 2. The summed E-state index contributed by atoms with van der Waals surface area (Å²) in [5.41, 5.74) is 7.32. The Kier molecular flexibility index (Phi) is 4.72. The number of ketones is 1. The third kappa shape index (κ3) is 3.40. The summed E-state index contributed by atoms with van der Waals surface area (Å²) in [6, 6.07) is 6.24. The molecule has 2 N–H and O–H groups in total. The van der Waals surface area contributed by atoms with Gasteiger partial charge in [0.15, 0.2) is 5.78 Å². The fourth-order valence-electron chi connectivity index (χ4n) is 2.17. The third-order valence-corrected chi connectivity index (χ3v) is 3.41. The predicted molar refractivity (Wildman–Crippen MR) is 78.9 cm³/mol. The molecule has 0 spiro atoms. The van der Waals surface area contributed by atoms with Gasteiger partial charge in [0.2, 0.25) is 0 Å². The summed E-state index contributed by atoms with van der Waals surface area (Å²) in [5, 5.41) is 0. The second kappa shape index (κ2) is 6.53. The molecule has 22 heavy (non-hydrogen) atoms. The molecule has 5 nitrogen and oxygen atoms in total. The first-order chi connectivity index (χ1) is 10.4. The van der Waals surface area contributed by atoms with Gasteiger partial charge < -0.3 is 15.0 Å². The average molecular weight is 304 g/mol. The van der Waals surface area contributed by atoms with Gasteiger partial charge in [0.05, 0.1) is 7.11 Å². The Bertz CT molecular complexity index is 692. The maximum Gasteiger partial charge on any atom is 0.323 e. The zero-order valence-electron chi connectivity index (χ0n) is 12.4. The van der Waals surface area contributed by atoms with Gasteiger partial charge in [0.25, 0.3) is 0 Å². The van der Waals surface area contributed by atoms with Gasteiger partial charge in [-0.3, -0.25) is 9.59 Å². The summed E-state index contributed by atoms with van der Waals surface area (Å²) in [7, 11) is 3.04. The number of ether oxygens (including phenoxy) is 1. The van der Waals surface area contributed by atoms with Crippen LogP contribution in [0.4, 0.5) is 4.39 Å². The zero-order chi connectivity index (χ0) is 16.3. The van der Waals surface area contributed by atoms with Crippen molar-refractivity contribution in [2.75, 3.05) is 7.11 Å². The van der Waals surface area contributed by atoms with Gasteiger partial charge >= 0.3 is 5.97 Å². The molecule has 0 aliphatic rings. The Morgan fingerprint density at radius 3 is 2.50 bits per heavy atom. The number of carbonyl (C=O) groups is 2. The van der Waals surface area contributed by atoms with Crippen molar-refractivity contribution in [3.05, 3.63) is 59.2 Å². The molecule has 0 aliphatic heterocycles. The standard InChI is InChI=1S/C16H17FN2O3/c1-19-9-11(7-13(19)8-14(18)16(21)22-2)15(20)10-3-5-12(17)6-4-10/h3-7,9,14H,8,18H2,1-2H3. The van der Waals surface area contributed by atoms with Crippen molar-refractivity contribution in [2.24, 2.45) is 12.8 Å². The lowest BCUT2D eigenvalue weighted by Gasteiger charge is -2.09. The summed E-state index contributed by atoms with van der Waals surface area (Å²) >= 11 is 0. The van der Waals surface area contributed by atoms with E-state index in [-0.39, 0.29) is 12.2 Å². The Hall–Kier alpha value is -2.47. The third-order valence-electron chi connectivity index (χ3n) is 3.41. The molecule has 2 rings (SSSR count). The molecule has 2 aromatic rings. The molecule has 0 bridgehead atoms. The Labute approximate surface area is 127 Å². The minimum Gasteiger partial charge on any atom is -0.468 e. The van der Waals surface area contributed by atoms with Crippen LogP contribution in [0, 0.1) is 5.82 Å². The van der Waals surface area contributed by atoms with Crippen molar-refractivity contribution in [1.29, 1.82) is 0 Å². The van der Waals surface area contributed by atoms with E-state index in [0.29, 0.717) is 11.1 Å². The first-order valence-corrected chi connectivity index (χ1v) is 6.71. The largest absolute Gasteiger partial charge is 0.468 e. The van der Waals surface area contributed by atoms with E-state index in [2.05, 4.69) is 4.74 Å². The van der Waals surface area contributed by atoms with Crippen molar-refractivity contribution in [2.45, 2.75) is 12.5 Å². The first-order valence-electron chi connectivity index (χ1n) is 6.71. The summed E-state index contributed by atoms with van der Waals surface area (Å²) in [4.78, 5) is 23.7. The number of methoxy groups -OCH3 is 1. The van der Waals surface area contributed by atoms with Crippen LogP contribution in [0.5, 0.6) is 0 Å². The summed E-state index contributed by atoms with van der Waals surface area (Å²) in [6.07, 6.45) is 1.92. The lowest BCUT2D eigenvalue weighted by atomic mass is 10.1. The van der Waals surface area contributed by atoms with E-state index in [0.717, 1.165) is 5.69 Å². The van der Waals surface area contributed by atoms with E-state index in [1.807, 2.05) is 0 Å². The van der Waals surface area contributed by atoms with Gasteiger partial charge in [-0.05, 0) is 30.3 Å². The minimum absolute atomic E-state index is 0.214. The Balaban J connectivity index is 2.20. The number of hydrogen-bond donors (Lipinski definition) is 1. The molecule has 6 heteroatoms. The van der Waals surface area contributed by atoms with Crippen molar-refractivity contribution in [3.8, 4) is 0 Å². The fraction of sp³-hybridized carbons (Fsp3) is 0.250. The average Bonchev–Trinajstić information content (AvgIpc) is 2.87. The summed E-state index contributed by atoms with van der Waals surface area (Å²) in [6.45, 7) is 0. The van der Waals surface area contributed by atoms with Crippen molar-refractivity contribution in [1.82, 2.24) is 4.57 Å². The number of hydrogen-bond acceptors (Lipinski definition) is 4. The van der Waals surface area contributed by atoms with Crippen LogP contribution in [0.1, 0.15) is 21.6 Å². The quantitative estimate of drug-likeness (QED) is 0.670. The summed E-state index contributed by atoms with van der Waals surface area (Å²) < 4.78 is 19.2. The molecule has 0 saturated heterocycles. The van der Waals surface area contributed by atoms with Crippen molar-refractivity contribution in [3.63, 3.8) is 0 Å². The topological polar surface area (TPSA) is 74.3 Å².